The fourth-order valence-electron chi connectivity index (χ4n) is 3.47. The summed E-state index contributed by atoms with van der Waals surface area (Å²) in [4.78, 5) is 14.8. The van der Waals surface area contributed by atoms with Crippen LogP contribution in [0.2, 0.25) is 0 Å². The van der Waals surface area contributed by atoms with Crippen molar-refractivity contribution in [2.24, 2.45) is 0 Å². The van der Waals surface area contributed by atoms with E-state index in [1.54, 1.807) is 34.1 Å². The van der Waals surface area contributed by atoms with Gasteiger partial charge in [0.15, 0.2) is 0 Å². The van der Waals surface area contributed by atoms with Crippen LogP contribution in [0.25, 0.3) is 0 Å². The molecule has 1 amide bonds. The standard InChI is InChI=1S/C22H32N4O3S/c1-6-17(2)18-7-9-20(10-8-18)30(28,29)25-13-11-24(12-14-25)21(27)19-15-23-26(16-19)22(3,4)5/h7-10,15-17H,6,11-14H2,1-5H3. The zero-order valence-electron chi connectivity index (χ0n) is 18.5. The second-order valence-corrected chi connectivity index (χ2v) is 10.9. The van der Waals surface area contributed by atoms with Gasteiger partial charge in [-0.2, -0.15) is 9.40 Å². The zero-order valence-corrected chi connectivity index (χ0v) is 19.3. The van der Waals surface area contributed by atoms with Gasteiger partial charge in [0.1, 0.15) is 0 Å². The lowest BCUT2D eigenvalue weighted by Gasteiger charge is -2.33. The van der Waals surface area contributed by atoms with Crippen molar-refractivity contribution < 1.29 is 13.2 Å². The maximum Gasteiger partial charge on any atom is 0.257 e. The summed E-state index contributed by atoms with van der Waals surface area (Å²) in [7, 11) is -3.56. The first-order valence-corrected chi connectivity index (χ1v) is 11.9. The van der Waals surface area contributed by atoms with Gasteiger partial charge in [-0.25, -0.2) is 8.42 Å². The van der Waals surface area contributed by atoms with Crippen LogP contribution in [0.5, 0.6) is 0 Å². The molecule has 7 nitrogen and oxygen atoms in total. The van der Waals surface area contributed by atoms with E-state index in [1.165, 1.54) is 4.31 Å². The van der Waals surface area contributed by atoms with Gasteiger partial charge in [0.25, 0.3) is 5.91 Å². The number of sulfonamides is 1. The van der Waals surface area contributed by atoms with Crippen molar-refractivity contribution >= 4 is 15.9 Å². The SMILES string of the molecule is CCC(C)c1ccc(S(=O)(=O)N2CCN(C(=O)c3cnn(C(C)(C)C)c3)CC2)cc1. The van der Waals surface area contributed by atoms with Crippen molar-refractivity contribution in [1.29, 1.82) is 0 Å². The van der Waals surface area contributed by atoms with E-state index in [1.807, 2.05) is 32.9 Å². The van der Waals surface area contributed by atoms with Crippen LogP contribution >= 0.6 is 0 Å². The molecule has 1 atom stereocenters. The highest BCUT2D eigenvalue weighted by Gasteiger charge is 2.31. The fraction of sp³-hybridized carbons (Fsp3) is 0.545. The molecule has 2 heterocycles. The molecular formula is C22H32N4O3S. The molecule has 0 spiro atoms. The van der Waals surface area contributed by atoms with Crippen molar-refractivity contribution in [3.05, 3.63) is 47.8 Å². The van der Waals surface area contributed by atoms with E-state index in [9.17, 15) is 13.2 Å². The lowest BCUT2D eigenvalue weighted by atomic mass is 9.99. The number of carbonyl (C=O) groups excluding carboxylic acids is 1. The molecular weight excluding hydrogens is 400 g/mol. The van der Waals surface area contributed by atoms with Gasteiger partial charge >= 0.3 is 0 Å². The lowest BCUT2D eigenvalue weighted by molar-refractivity contribution is 0.0697. The van der Waals surface area contributed by atoms with E-state index in [0.29, 0.717) is 29.5 Å². The predicted molar refractivity (Wildman–Crippen MR) is 117 cm³/mol. The van der Waals surface area contributed by atoms with Crippen LogP contribution in [0.4, 0.5) is 0 Å². The van der Waals surface area contributed by atoms with E-state index in [4.69, 9.17) is 0 Å². The lowest BCUT2D eigenvalue weighted by Crippen LogP contribution is -2.50. The minimum Gasteiger partial charge on any atom is -0.336 e. The van der Waals surface area contributed by atoms with Crippen molar-refractivity contribution in [2.45, 2.75) is 57.4 Å². The van der Waals surface area contributed by atoms with Crippen LogP contribution in [0, 0.1) is 0 Å². The topological polar surface area (TPSA) is 75.5 Å². The van der Waals surface area contributed by atoms with Crippen LogP contribution in [-0.2, 0) is 15.6 Å². The number of amides is 1. The van der Waals surface area contributed by atoms with Gasteiger partial charge in [0.2, 0.25) is 10.0 Å². The highest BCUT2D eigenvalue weighted by molar-refractivity contribution is 7.89. The average molecular weight is 433 g/mol. The van der Waals surface area contributed by atoms with E-state index < -0.39 is 10.0 Å². The Morgan fingerprint density at radius 3 is 2.20 bits per heavy atom. The molecule has 0 radical (unpaired) electrons. The Hall–Kier alpha value is -2.19. The van der Waals surface area contributed by atoms with E-state index in [0.717, 1.165) is 12.0 Å². The molecule has 0 aliphatic carbocycles. The van der Waals surface area contributed by atoms with E-state index in [2.05, 4.69) is 18.9 Å². The Kier molecular flexibility index (Phi) is 6.38. The Morgan fingerprint density at radius 1 is 1.10 bits per heavy atom. The molecule has 1 fully saturated rings. The maximum absolute atomic E-state index is 13.0. The van der Waals surface area contributed by atoms with Gasteiger partial charge in [-0.3, -0.25) is 9.48 Å². The minimum absolute atomic E-state index is 0.111. The molecule has 1 aliphatic heterocycles. The van der Waals surface area contributed by atoms with Crippen molar-refractivity contribution in [3.8, 4) is 0 Å². The monoisotopic (exact) mass is 432 g/mol. The van der Waals surface area contributed by atoms with Crippen molar-refractivity contribution in [1.82, 2.24) is 19.0 Å². The van der Waals surface area contributed by atoms with Crippen LogP contribution in [0.3, 0.4) is 0 Å². The number of nitrogens with zero attached hydrogens (tertiary/aromatic N) is 4. The van der Waals surface area contributed by atoms with Crippen LogP contribution in [-0.4, -0.2) is 59.5 Å². The first kappa shape index (κ1) is 22.5. The fourth-order valence-corrected chi connectivity index (χ4v) is 4.89. The summed E-state index contributed by atoms with van der Waals surface area (Å²) in [5.41, 5.74) is 1.47. The molecule has 3 rings (SSSR count). The summed E-state index contributed by atoms with van der Waals surface area (Å²) in [5, 5.41) is 4.29. The number of piperazine rings is 1. The quantitative estimate of drug-likeness (QED) is 0.726. The molecule has 0 bridgehead atoms. The molecule has 0 N–H and O–H groups in total. The molecule has 1 saturated heterocycles. The summed E-state index contributed by atoms with van der Waals surface area (Å²) >= 11 is 0. The number of rotatable bonds is 5. The van der Waals surface area contributed by atoms with Gasteiger partial charge < -0.3 is 4.90 Å². The number of aromatic nitrogens is 2. The molecule has 1 aliphatic rings. The van der Waals surface area contributed by atoms with Crippen LogP contribution < -0.4 is 0 Å². The molecule has 30 heavy (non-hydrogen) atoms. The largest absolute Gasteiger partial charge is 0.336 e. The van der Waals surface area contributed by atoms with Gasteiger partial charge in [-0.15, -0.1) is 0 Å². The molecule has 2 aromatic rings. The third kappa shape index (κ3) is 4.59. The van der Waals surface area contributed by atoms with Crippen molar-refractivity contribution in [3.63, 3.8) is 0 Å². The Balaban J connectivity index is 1.65. The minimum atomic E-state index is -3.56. The summed E-state index contributed by atoms with van der Waals surface area (Å²) in [6, 6.07) is 7.17. The predicted octanol–water partition coefficient (Wildman–Crippen LogP) is 3.30. The first-order chi connectivity index (χ1) is 14.0. The first-order valence-electron chi connectivity index (χ1n) is 10.5. The summed E-state index contributed by atoms with van der Waals surface area (Å²) in [6.45, 7) is 11.6. The second kappa shape index (κ2) is 8.51. The number of hydrogen-bond donors (Lipinski definition) is 0. The van der Waals surface area contributed by atoms with Gasteiger partial charge in [-0.1, -0.05) is 26.0 Å². The smallest absolute Gasteiger partial charge is 0.257 e. The Bertz CT molecular complexity index is 982. The third-order valence-corrected chi connectivity index (χ3v) is 7.65. The summed E-state index contributed by atoms with van der Waals surface area (Å²) in [5.74, 6) is 0.291. The number of benzene rings is 1. The van der Waals surface area contributed by atoms with E-state index >= 15 is 0 Å². The third-order valence-electron chi connectivity index (χ3n) is 5.74. The highest BCUT2D eigenvalue weighted by atomic mass is 32.2. The Labute approximate surface area is 179 Å². The molecule has 1 aromatic carbocycles. The average Bonchev–Trinajstić information content (AvgIpc) is 3.23. The maximum atomic E-state index is 13.0. The summed E-state index contributed by atoms with van der Waals surface area (Å²) < 4.78 is 29.2. The van der Waals surface area contributed by atoms with Crippen LogP contribution in [0.1, 0.15) is 62.9 Å². The van der Waals surface area contributed by atoms with Gasteiger partial charge in [0.05, 0.1) is 22.2 Å². The number of hydrogen-bond acceptors (Lipinski definition) is 4. The van der Waals surface area contributed by atoms with E-state index in [-0.39, 0.29) is 24.5 Å². The zero-order chi connectivity index (χ0) is 22.1. The molecule has 0 saturated carbocycles. The normalized spacial score (nSPS) is 17.2. The molecule has 1 unspecified atom stereocenters. The molecule has 8 heteroatoms. The van der Waals surface area contributed by atoms with Gasteiger partial charge in [0, 0.05) is 32.4 Å². The van der Waals surface area contributed by atoms with Crippen molar-refractivity contribution in [2.75, 3.05) is 26.2 Å². The van der Waals surface area contributed by atoms with Crippen LogP contribution in [0.15, 0.2) is 41.6 Å². The van der Waals surface area contributed by atoms with Gasteiger partial charge in [-0.05, 0) is 50.8 Å². The highest BCUT2D eigenvalue weighted by Crippen LogP contribution is 2.23. The summed E-state index contributed by atoms with van der Waals surface area (Å²) in [6.07, 6.45) is 4.34. The number of carbonyl (C=O) groups is 1. The molecule has 164 valence electrons. The Morgan fingerprint density at radius 2 is 1.70 bits per heavy atom. The molecule has 1 aromatic heterocycles. The second-order valence-electron chi connectivity index (χ2n) is 8.92.